The number of nitriles is 1. The SMILES string of the molecule is C=C(Cl)/C=C\C(=C/N)CN1CCSC1=NC#N. The van der Waals surface area contributed by atoms with Crippen LogP contribution in [0.2, 0.25) is 0 Å². The van der Waals surface area contributed by atoms with Gasteiger partial charge in [-0.05, 0) is 17.8 Å². The third-order valence-electron chi connectivity index (χ3n) is 2.07. The molecule has 0 bridgehead atoms. The molecule has 2 N–H and O–H groups in total. The molecule has 0 aromatic heterocycles. The van der Waals surface area contributed by atoms with Crippen LogP contribution in [-0.4, -0.2) is 28.9 Å². The van der Waals surface area contributed by atoms with Crippen LogP contribution in [0, 0.1) is 11.5 Å². The molecule has 17 heavy (non-hydrogen) atoms. The highest BCUT2D eigenvalue weighted by Gasteiger charge is 2.19. The number of rotatable bonds is 4. The van der Waals surface area contributed by atoms with Gasteiger partial charge in [0.05, 0.1) is 0 Å². The molecular weight excluding hydrogens is 256 g/mol. The van der Waals surface area contributed by atoms with E-state index in [2.05, 4.69) is 11.6 Å². The number of aliphatic imine (C=N–C) groups is 1. The summed E-state index contributed by atoms with van der Waals surface area (Å²) in [6, 6.07) is 0. The number of nitrogens with zero attached hydrogens (tertiary/aromatic N) is 3. The van der Waals surface area contributed by atoms with Gasteiger partial charge < -0.3 is 10.6 Å². The van der Waals surface area contributed by atoms with Gasteiger partial charge in [0.15, 0.2) is 5.17 Å². The summed E-state index contributed by atoms with van der Waals surface area (Å²) in [5, 5.41) is 9.74. The molecule has 90 valence electrons. The molecule has 4 nitrogen and oxygen atoms in total. The van der Waals surface area contributed by atoms with Gasteiger partial charge in [-0.15, -0.1) is 4.99 Å². The van der Waals surface area contributed by atoms with Gasteiger partial charge >= 0.3 is 0 Å². The molecule has 0 atom stereocenters. The molecule has 1 aliphatic heterocycles. The van der Waals surface area contributed by atoms with E-state index in [0.717, 1.165) is 23.0 Å². The van der Waals surface area contributed by atoms with Gasteiger partial charge in [-0.1, -0.05) is 36.0 Å². The van der Waals surface area contributed by atoms with Crippen LogP contribution in [0.25, 0.3) is 0 Å². The molecule has 1 fully saturated rings. The van der Waals surface area contributed by atoms with E-state index in [1.54, 1.807) is 24.0 Å². The standard InChI is InChI=1S/C11H13ClN4S/c1-9(12)2-3-10(6-13)7-16-4-5-17-11(16)15-8-14/h2-3,6H,1,4-5,7,13H2/b3-2-,10-6+,15-11?. The molecule has 0 amide bonds. The highest BCUT2D eigenvalue weighted by Crippen LogP contribution is 2.19. The molecule has 0 spiro atoms. The summed E-state index contributed by atoms with van der Waals surface area (Å²) in [5.74, 6) is 0.935. The van der Waals surface area contributed by atoms with E-state index in [1.165, 1.54) is 6.20 Å². The van der Waals surface area contributed by atoms with Gasteiger partial charge in [0.25, 0.3) is 0 Å². The quantitative estimate of drug-likeness (QED) is 0.626. The van der Waals surface area contributed by atoms with Gasteiger partial charge in [0.2, 0.25) is 6.19 Å². The largest absolute Gasteiger partial charge is 0.404 e. The van der Waals surface area contributed by atoms with Crippen LogP contribution in [0.1, 0.15) is 0 Å². The van der Waals surface area contributed by atoms with Crippen LogP contribution < -0.4 is 5.73 Å². The second-order valence-electron chi connectivity index (χ2n) is 3.29. The summed E-state index contributed by atoms with van der Waals surface area (Å²) in [7, 11) is 0. The zero-order valence-corrected chi connectivity index (χ0v) is 10.8. The fourth-order valence-corrected chi connectivity index (χ4v) is 2.31. The average molecular weight is 269 g/mol. The topological polar surface area (TPSA) is 65.4 Å². The minimum absolute atomic E-state index is 0.450. The molecular formula is C11H13ClN4S. The van der Waals surface area contributed by atoms with E-state index in [9.17, 15) is 0 Å². The first-order valence-corrected chi connectivity index (χ1v) is 6.31. The lowest BCUT2D eigenvalue weighted by molar-refractivity contribution is 0.504. The summed E-state index contributed by atoms with van der Waals surface area (Å²) in [4.78, 5) is 5.77. The Hall–Kier alpha value is -1.38. The second-order valence-corrected chi connectivity index (χ2v) is 4.83. The van der Waals surface area contributed by atoms with Crippen molar-refractivity contribution in [3.05, 3.63) is 35.5 Å². The smallest absolute Gasteiger partial charge is 0.208 e. The first-order chi connectivity index (χ1) is 8.17. The molecule has 0 radical (unpaired) electrons. The number of allylic oxidation sites excluding steroid dienone is 2. The maximum absolute atomic E-state index is 8.55. The van der Waals surface area contributed by atoms with Crippen LogP contribution in [0.4, 0.5) is 0 Å². The predicted molar refractivity (Wildman–Crippen MR) is 73.5 cm³/mol. The highest BCUT2D eigenvalue weighted by molar-refractivity contribution is 8.14. The fourth-order valence-electron chi connectivity index (χ4n) is 1.31. The maximum atomic E-state index is 8.55. The molecule has 1 saturated heterocycles. The molecule has 0 saturated carbocycles. The van der Waals surface area contributed by atoms with Crippen LogP contribution in [-0.2, 0) is 0 Å². The highest BCUT2D eigenvalue weighted by atomic mass is 35.5. The molecule has 0 unspecified atom stereocenters. The fraction of sp³-hybridized carbons (Fsp3) is 0.273. The normalized spacial score (nSPS) is 18.9. The summed E-state index contributed by atoms with van der Waals surface area (Å²) < 4.78 is 0. The van der Waals surface area contributed by atoms with Gasteiger partial charge in [-0.2, -0.15) is 5.26 Å². The number of hydrogen-bond acceptors (Lipinski definition) is 4. The Balaban J connectivity index is 2.67. The van der Waals surface area contributed by atoms with Crippen molar-refractivity contribution < 1.29 is 0 Å². The average Bonchev–Trinajstić information content (AvgIpc) is 2.72. The minimum Gasteiger partial charge on any atom is -0.404 e. The Bertz CT molecular complexity index is 420. The molecule has 1 heterocycles. The summed E-state index contributed by atoms with van der Waals surface area (Å²) >= 11 is 7.21. The monoisotopic (exact) mass is 268 g/mol. The van der Waals surface area contributed by atoms with Crippen LogP contribution in [0.5, 0.6) is 0 Å². The van der Waals surface area contributed by atoms with E-state index in [0.29, 0.717) is 11.6 Å². The molecule has 6 heteroatoms. The van der Waals surface area contributed by atoms with Gasteiger partial charge in [0, 0.05) is 23.9 Å². The van der Waals surface area contributed by atoms with E-state index in [1.807, 2.05) is 11.0 Å². The van der Waals surface area contributed by atoms with Crippen molar-refractivity contribution >= 4 is 28.5 Å². The van der Waals surface area contributed by atoms with Gasteiger partial charge in [0.1, 0.15) is 0 Å². The Kier molecular flexibility index (Phi) is 5.67. The van der Waals surface area contributed by atoms with Crippen molar-refractivity contribution in [3.63, 3.8) is 0 Å². The number of hydrogen-bond donors (Lipinski definition) is 1. The number of halogens is 1. The Morgan fingerprint density at radius 1 is 1.71 bits per heavy atom. The van der Waals surface area contributed by atoms with Crippen LogP contribution in [0.15, 0.2) is 40.5 Å². The van der Waals surface area contributed by atoms with Crippen LogP contribution in [0.3, 0.4) is 0 Å². The first kappa shape index (κ1) is 13.7. The molecule has 0 aromatic carbocycles. The minimum atomic E-state index is 0.450. The van der Waals surface area contributed by atoms with Crippen molar-refractivity contribution in [2.45, 2.75) is 0 Å². The molecule has 1 rings (SSSR count). The Morgan fingerprint density at radius 3 is 3.06 bits per heavy atom. The maximum Gasteiger partial charge on any atom is 0.208 e. The zero-order valence-electron chi connectivity index (χ0n) is 9.27. The lowest BCUT2D eigenvalue weighted by atomic mass is 10.2. The van der Waals surface area contributed by atoms with Crippen molar-refractivity contribution in [2.75, 3.05) is 18.8 Å². The van der Waals surface area contributed by atoms with Crippen molar-refractivity contribution in [1.29, 1.82) is 5.26 Å². The van der Waals surface area contributed by atoms with Crippen molar-refractivity contribution in [3.8, 4) is 6.19 Å². The number of nitrogens with two attached hydrogens (primary N) is 1. The third-order valence-corrected chi connectivity index (χ3v) is 3.19. The van der Waals surface area contributed by atoms with Crippen molar-refractivity contribution in [2.24, 2.45) is 10.7 Å². The lowest BCUT2D eigenvalue weighted by Gasteiger charge is -2.17. The van der Waals surface area contributed by atoms with Crippen molar-refractivity contribution in [1.82, 2.24) is 4.90 Å². The Labute approximate surface area is 110 Å². The molecule has 1 aliphatic rings. The van der Waals surface area contributed by atoms with E-state index in [4.69, 9.17) is 22.6 Å². The van der Waals surface area contributed by atoms with Gasteiger partial charge in [-0.3, -0.25) is 0 Å². The summed E-state index contributed by atoms with van der Waals surface area (Å²) in [6.45, 7) is 5.04. The Morgan fingerprint density at radius 2 is 2.47 bits per heavy atom. The molecule has 0 aromatic rings. The second kappa shape index (κ2) is 7.05. The number of amidine groups is 1. The van der Waals surface area contributed by atoms with Gasteiger partial charge in [-0.25, -0.2) is 0 Å². The first-order valence-electron chi connectivity index (χ1n) is 4.95. The third kappa shape index (κ3) is 4.55. The lowest BCUT2D eigenvalue weighted by Crippen LogP contribution is -2.26. The summed E-state index contributed by atoms with van der Waals surface area (Å²) in [5.41, 5.74) is 6.43. The summed E-state index contributed by atoms with van der Waals surface area (Å²) in [6.07, 6.45) is 6.81. The van der Waals surface area contributed by atoms with E-state index in [-0.39, 0.29) is 0 Å². The number of thioether (sulfide) groups is 1. The zero-order chi connectivity index (χ0) is 12.7. The van der Waals surface area contributed by atoms with E-state index < -0.39 is 0 Å². The van der Waals surface area contributed by atoms with Crippen LogP contribution >= 0.6 is 23.4 Å². The molecule has 0 aliphatic carbocycles. The predicted octanol–water partition coefficient (Wildman–Crippen LogP) is 2.02. The van der Waals surface area contributed by atoms with E-state index >= 15 is 0 Å².